The number of fused-ring (bicyclic) bond motifs is 1. The van der Waals surface area contributed by atoms with Gasteiger partial charge in [-0.15, -0.1) is 0 Å². The number of hydrogen-bond donors (Lipinski definition) is 2. The van der Waals surface area contributed by atoms with E-state index in [4.69, 9.17) is 10.2 Å². The Labute approximate surface area is 93.2 Å². The summed E-state index contributed by atoms with van der Waals surface area (Å²) in [7, 11) is 0. The number of phenolic OH excluding ortho intramolecular Hbond substituents is 1. The molecule has 4 nitrogen and oxygen atoms in total. The number of rotatable bonds is 1. The zero-order valence-corrected chi connectivity index (χ0v) is 8.28. The third kappa shape index (κ3) is 1.58. The Bertz CT molecular complexity index is 483. The maximum absolute atomic E-state index is 12.8. The number of hydrogen-bond acceptors (Lipinski definition) is 3. The minimum absolute atomic E-state index is 0.0183. The third-order valence-corrected chi connectivity index (χ3v) is 2.57. The Hall–Kier alpha value is -1.92. The number of halogens is 3. The predicted octanol–water partition coefficient (Wildman–Crippen LogP) is 1.71. The molecule has 2 rings (SSSR count). The lowest BCUT2D eigenvalue weighted by Crippen LogP contribution is -2.55. The molecule has 17 heavy (non-hydrogen) atoms. The summed E-state index contributed by atoms with van der Waals surface area (Å²) in [5, 5.41) is 17.9. The van der Waals surface area contributed by atoms with Gasteiger partial charge in [0.2, 0.25) is 0 Å². The van der Waals surface area contributed by atoms with Crippen molar-refractivity contribution in [3.05, 3.63) is 23.8 Å². The molecule has 92 valence electrons. The highest BCUT2D eigenvalue weighted by atomic mass is 19.4. The van der Waals surface area contributed by atoms with Gasteiger partial charge in [-0.1, -0.05) is 0 Å². The molecule has 0 saturated carbocycles. The monoisotopic (exact) mass is 248 g/mol. The van der Waals surface area contributed by atoms with Gasteiger partial charge in [0.25, 0.3) is 0 Å². The smallest absolute Gasteiger partial charge is 0.439 e. The van der Waals surface area contributed by atoms with E-state index < -0.39 is 24.2 Å². The number of carbonyl (C=O) groups is 1. The van der Waals surface area contributed by atoms with E-state index in [9.17, 15) is 18.0 Å². The van der Waals surface area contributed by atoms with Crippen LogP contribution in [0.15, 0.2) is 18.2 Å². The maximum atomic E-state index is 12.8. The Morgan fingerprint density at radius 3 is 2.59 bits per heavy atom. The van der Waals surface area contributed by atoms with Crippen molar-refractivity contribution >= 4 is 5.97 Å². The lowest BCUT2D eigenvalue weighted by Gasteiger charge is -2.26. The van der Waals surface area contributed by atoms with Crippen LogP contribution in [0.3, 0.4) is 0 Å². The van der Waals surface area contributed by atoms with Crippen LogP contribution < -0.4 is 4.74 Å². The number of carboxylic acid groups (broad SMARTS) is 1. The number of alkyl halides is 3. The molecule has 1 atom stereocenters. The summed E-state index contributed by atoms with van der Waals surface area (Å²) in [4.78, 5) is 10.8. The van der Waals surface area contributed by atoms with Crippen LogP contribution in [-0.4, -0.2) is 28.0 Å². The van der Waals surface area contributed by atoms with E-state index >= 15 is 0 Å². The topological polar surface area (TPSA) is 66.8 Å². The molecular formula is C10H7F3O4. The second-order valence-electron chi connectivity index (χ2n) is 3.70. The van der Waals surface area contributed by atoms with Gasteiger partial charge in [-0.25, -0.2) is 4.79 Å². The van der Waals surface area contributed by atoms with Gasteiger partial charge in [0, 0.05) is 12.0 Å². The normalized spacial score (nSPS) is 23.0. The number of benzene rings is 1. The summed E-state index contributed by atoms with van der Waals surface area (Å²) in [6.07, 6.45) is -5.89. The number of phenols is 1. The number of aromatic hydroxyl groups is 1. The van der Waals surface area contributed by atoms with Crippen molar-refractivity contribution in [2.45, 2.75) is 18.2 Å². The van der Waals surface area contributed by atoms with E-state index in [1.807, 2.05) is 0 Å². The van der Waals surface area contributed by atoms with Crippen molar-refractivity contribution in [3.63, 3.8) is 0 Å². The molecule has 0 bridgehead atoms. The van der Waals surface area contributed by atoms with Gasteiger partial charge in [-0.05, 0) is 18.2 Å². The molecule has 0 fully saturated rings. The Morgan fingerprint density at radius 1 is 1.41 bits per heavy atom. The highest BCUT2D eigenvalue weighted by Crippen LogP contribution is 2.45. The largest absolute Gasteiger partial charge is 0.508 e. The van der Waals surface area contributed by atoms with Gasteiger partial charge in [-0.3, -0.25) is 0 Å². The van der Waals surface area contributed by atoms with Crippen LogP contribution in [-0.2, 0) is 11.2 Å². The van der Waals surface area contributed by atoms with E-state index in [0.29, 0.717) is 0 Å². The van der Waals surface area contributed by atoms with E-state index in [-0.39, 0.29) is 17.1 Å². The van der Waals surface area contributed by atoms with Gasteiger partial charge >= 0.3 is 17.7 Å². The number of ether oxygens (including phenoxy) is 1. The predicted molar refractivity (Wildman–Crippen MR) is 48.9 cm³/mol. The number of aliphatic carboxylic acids is 1. The van der Waals surface area contributed by atoms with Crippen LogP contribution in [0.1, 0.15) is 5.56 Å². The van der Waals surface area contributed by atoms with Gasteiger partial charge < -0.3 is 14.9 Å². The van der Waals surface area contributed by atoms with Crippen LogP contribution in [0.2, 0.25) is 0 Å². The molecule has 0 amide bonds. The van der Waals surface area contributed by atoms with Gasteiger partial charge in [0.15, 0.2) is 0 Å². The standard InChI is InChI=1S/C10H7F3O4/c11-10(12,13)9(8(15)16)4-5-3-6(14)1-2-7(5)17-9/h1-3,14H,4H2,(H,15,16). The second-order valence-corrected chi connectivity index (χ2v) is 3.70. The van der Waals surface area contributed by atoms with E-state index in [0.717, 1.165) is 18.2 Å². The van der Waals surface area contributed by atoms with Crippen molar-refractivity contribution < 1.29 is 32.9 Å². The van der Waals surface area contributed by atoms with Crippen LogP contribution in [0.4, 0.5) is 13.2 Å². The average molecular weight is 248 g/mol. The minimum atomic E-state index is -5.03. The van der Waals surface area contributed by atoms with Crippen LogP contribution >= 0.6 is 0 Å². The molecule has 1 aromatic rings. The van der Waals surface area contributed by atoms with Crippen molar-refractivity contribution in [2.24, 2.45) is 0 Å². The molecule has 0 spiro atoms. The summed E-state index contributed by atoms with van der Waals surface area (Å²) in [5.41, 5.74) is -3.24. The van der Waals surface area contributed by atoms with Crippen molar-refractivity contribution in [1.82, 2.24) is 0 Å². The first-order chi connectivity index (χ1) is 7.76. The molecule has 1 aliphatic rings. The number of carboxylic acids is 1. The zero-order valence-electron chi connectivity index (χ0n) is 8.28. The quantitative estimate of drug-likeness (QED) is 0.794. The van der Waals surface area contributed by atoms with Crippen LogP contribution in [0.5, 0.6) is 11.5 Å². The molecule has 0 aromatic heterocycles. The van der Waals surface area contributed by atoms with E-state index in [2.05, 4.69) is 4.74 Å². The summed E-state index contributed by atoms with van der Waals surface area (Å²) in [5.74, 6) is -2.51. The fraction of sp³-hybridized carbons (Fsp3) is 0.300. The van der Waals surface area contributed by atoms with Gasteiger partial charge in [-0.2, -0.15) is 13.2 Å². The fourth-order valence-corrected chi connectivity index (χ4v) is 1.69. The Balaban J connectivity index is 2.48. The molecule has 0 aliphatic carbocycles. The second kappa shape index (κ2) is 3.28. The molecule has 2 N–H and O–H groups in total. The highest BCUT2D eigenvalue weighted by molar-refractivity contribution is 5.81. The van der Waals surface area contributed by atoms with Crippen molar-refractivity contribution in [1.29, 1.82) is 0 Å². The molecule has 7 heteroatoms. The van der Waals surface area contributed by atoms with E-state index in [1.54, 1.807) is 0 Å². The average Bonchev–Trinajstić information content (AvgIpc) is 2.56. The molecule has 0 radical (unpaired) electrons. The fourth-order valence-electron chi connectivity index (χ4n) is 1.69. The lowest BCUT2D eigenvalue weighted by molar-refractivity contribution is -0.245. The summed E-state index contributed by atoms with van der Waals surface area (Å²) >= 11 is 0. The first-order valence-corrected chi connectivity index (χ1v) is 4.57. The van der Waals surface area contributed by atoms with Gasteiger partial charge in [0.1, 0.15) is 11.5 Å². The zero-order chi connectivity index (χ0) is 12.8. The van der Waals surface area contributed by atoms with Crippen molar-refractivity contribution in [2.75, 3.05) is 0 Å². The third-order valence-electron chi connectivity index (χ3n) is 2.57. The summed E-state index contributed by atoms with van der Waals surface area (Å²) in [6.45, 7) is 0. The summed E-state index contributed by atoms with van der Waals surface area (Å²) in [6, 6.07) is 3.31. The first kappa shape index (κ1) is 11.6. The molecule has 1 aliphatic heterocycles. The molecule has 1 unspecified atom stereocenters. The maximum Gasteiger partial charge on any atom is 0.439 e. The van der Waals surface area contributed by atoms with Crippen molar-refractivity contribution in [3.8, 4) is 11.5 Å². The SMILES string of the molecule is O=C(O)C1(C(F)(F)F)Cc2cc(O)ccc2O1. The first-order valence-electron chi connectivity index (χ1n) is 4.57. The van der Waals surface area contributed by atoms with Gasteiger partial charge in [0.05, 0.1) is 0 Å². The Kier molecular flexibility index (Phi) is 2.23. The molecule has 1 aromatic carbocycles. The van der Waals surface area contributed by atoms with Crippen LogP contribution in [0, 0.1) is 0 Å². The minimum Gasteiger partial charge on any atom is -0.508 e. The van der Waals surface area contributed by atoms with E-state index in [1.165, 1.54) is 0 Å². The Morgan fingerprint density at radius 2 is 2.06 bits per heavy atom. The molecular weight excluding hydrogens is 241 g/mol. The van der Waals surface area contributed by atoms with Crippen LogP contribution in [0.25, 0.3) is 0 Å². The highest BCUT2D eigenvalue weighted by Gasteiger charge is 2.66. The summed E-state index contributed by atoms with van der Waals surface area (Å²) < 4.78 is 42.8. The molecule has 1 heterocycles. The molecule has 0 saturated heterocycles. The lowest BCUT2D eigenvalue weighted by atomic mass is 9.96.